The van der Waals surface area contributed by atoms with Crippen molar-refractivity contribution in [2.24, 2.45) is 0 Å². The fraction of sp³-hybridized carbons (Fsp3) is 0.231. The molecule has 0 spiro atoms. The fourth-order valence-corrected chi connectivity index (χ4v) is 4.57. The number of amides is 1. The monoisotopic (exact) mass is 491 g/mol. The Morgan fingerprint density at radius 2 is 1.71 bits per heavy atom. The Hall–Kier alpha value is -3.56. The van der Waals surface area contributed by atoms with Crippen molar-refractivity contribution in [3.8, 4) is 11.4 Å². The summed E-state index contributed by atoms with van der Waals surface area (Å²) in [5, 5.41) is 12.5. The minimum Gasteiger partial charge on any atom is -0.383 e. The van der Waals surface area contributed by atoms with Gasteiger partial charge in [-0.25, -0.2) is 4.39 Å². The average molecular weight is 492 g/mol. The summed E-state index contributed by atoms with van der Waals surface area (Å²) in [6, 6.07) is 17.4. The van der Waals surface area contributed by atoms with Crippen LogP contribution in [0.25, 0.3) is 11.4 Å². The number of aromatic nitrogens is 4. The molecule has 7 nitrogen and oxygen atoms in total. The van der Waals surface area contributed by atoms with Crippen LogP contribution in [0.1, 0.15) is 34.5 Å². The minimum absolute atomic E-state index is 0.0489. The lowest BCUT2D eigenvalue weighted by Gasteiger charge is -2.17. The number of pyridine rings is 1. The summed E-state index contributed by atoms with van der Waals surface area (Å²) in [7, 11) is 1.68. The maximum atomic E-state index is 13.0. The summed E-state index contributed by atoms with van der Waals surface area (Å²) in [5.74, 6) is 0.968. The first-order chi connectivity index (χ1) is 17.0. The number of halogens is 1. The summed E-state index contributed by atoms with van der Waals surface area (Å²) in [4.78, 5) is 16.6. The predicted octanol–water partition coefficient (Wildman–Crippen LogP) is 4.91. The van der Waals surface area contributed by atoms with E-state index in [9.17, 15) is 9.18 Å². The number of nitrogens with zero attached hydrogens (tertiary/aromatic N) is 4. The van der Waals surface area contributed by atoms with Gasteiger partial charge in [0.15, 0.2) is 11.0 Å². The Kier molecular flexibility index (Phi) is 8.23. The first kappa shape index (κ1) is 24.6. The van der Waals surface area contributed by atoms with Crippen LogP contribution in [-0.4, -0.2) is 39.4 Å². The third-order valence-corrected chi connectivity index (χ3v) is 6.42. The van der Waals surface area contributed by atoms with Crippen LogP contribution in [0.5, 0.6) is 0 Å². The van der Waals surface area contributed by atoms with E-state index in [4.69, 9.17) is 4.74 Å². The van der Waals surface area contributed by atoms with E-state index < -0.39 is 0 Å². The number of rotatable bonds is 10. The molecule has 2 aromatic carbocycles. The number of hydrogen-bond acceptors (Lipinski definition) is 6. The van der Waals surface area contributed by atoms with Crippen LogP contribution in [0.2, 0.25) is 0 Å². The Morgan fingerprint density at radius 3 is 2.40 bits per heavy atom. The van der Waals surface area contributed by atoms with Gasteiger partial charge in [-0.15, -0.1) is 10.2 Å². The third kappa shape index (κ3) is 6.32. The Balaban J connectivity index is 1.41. The van der Waals surface area contributed by atoms with Gasteiger partial charge in [0, 0.05) is 42.9 Å². The van der Waals surface area contributed by atoms with Gasteiger partial charge in [0.2, 0.25) is 0 Å². The Morgan fingerprint density at radius 1 is 1.03 bits per heavy atom. The second kappa shape index (κ2) is 11.7. The van der Waals surface area contributed by atoms with E-state index in [0.717, 1.165) is 27.7 Å². The number of carbonyl (C=O) groups excluding carboxylic acids is 1. The van der Waals surface area contributed by atoms with Crippen LogP contribution < -0.4 is 5.32 Å². The smallest absolute Gasteiger partial charge is 0.251 e. The van der Waals surface area contributed by atoms with E-state index >= 15 is 0 Å². The summed E-state index contributed by atoms with van der Waals surface area (Å²) in [6.07, 6.45) is 3.47. The van der Waals surface area contributed by atoms with Crippen LogP contribution in [-0.2, 0) is 17.0 Å². The molecule has 0 aliphatic heterocycles. The lowest BCUT2D eigenvalue weighted by molar-refractivity contribution is 0.0951. The van der Waals surface area contributed by atoms with Gasteiger partial charge in [0.1, 0.15) is 5.82 Å². The highest BCUT2D eigenvalue weighted by Crippen LogP contribution is 2.29. The second-order valence-corrected chi connectivity index (χ2v) is 8.95. The Bertz CT molecular complexity index is 1250. The molecule has 1 atom stereocenters. The molecule has 2 heterocycles. The van der Waals surface area contributed by atoms with E-state index in [2.05, 4.69) is 32.0 Å². The molecule has 180 valence electrons. The van der Waals surface area contributed by atoms with E-state index in [1.165, 1.54) is 12.1 Å². The molecule has 35 heavy (non-hydrogen) atoms. The molecule has 0 aliphatic carbocycles. The van der Waals surface area contributed by atoms with Crippen LogP contribution in [0.3, 0.4) is 0 Å². The number of methoxy groups -OCH3 is 1. The van der Waals surface area contributed by atoms with Gasteiger partial charge in [-0.2, -0.15) is 0 Å². The van der Waals surface area contributed by atoms with Crippen molar-refractivity contribution in [1.82, 2.24) is 25.1 Å². The highest BCUT2D eigenvalue weighted by molar-refractivity contribution is 7.98. The zero-order chi connectivity index (χ0) is 24.6. The summed E-state index contributed by atoms with van der Waals surface area (Å²) in [6.45, 7) is 2.94. The van der Waals surface area contributed by atoms with Crippen molar-refractivity contribution in [3.63, 3.8) is 0 Å². The van der Waals surface area contributed by atoms with E-state index in [0.29, 0.717) is 24.5 Å². The van der Waals surface area contributed by atoms with Crippen LogP contribution in [0, 0.1) is 5.82 Å². The average Bonchev–Trinajstić information content (AvgIpc) is 3.32. The zero-order valence-corrected chi connectivity index (χ0v) is 20.3. The van der Waals surface area contributed by atoms with Crippen LogP contribution >= 0.6 is 11.8 Å². The predicted molar refractivity (Wildman–Crippen MR) is 133 cm³/mol. The number of ether oxygens (including phenoxy) is 1. The SMILES string of the molecule is COC[C@@H](C)n1c(SCc2ccc(C(=O)NCc3ccc(F)cc3)cc2)nnc1-c1ccncc1. The molecule has 2 aromatic heterocycles. The van der Waals surface area contributed by atoms with Gasteiger partial charge in [0.05, 0.1) is 12.6 Å². The molecular formula is C26H26FN5O2S. The van der Waals surface area contributed by atoms with Crippen molar-refractivity contribution in [2.45, 2.75) is 30.4 Å². The van der Waals surface area contributed by atoms with Gasteiger partial charge in [-0.1, -0.05) is 36.0 Å². The minimum atomic E-state index is -0.298. The molecule has 0 radical (unpaired) electrons. The first-order valence-electron chi connectivity index (χ1n) is 11.1. The summed E-state index contributed by atoms with van der Waals surface area (Å²) >= 11 is 1.58. The molecule has 4 aromatic rings. The zero-order valence-electron chi connectivity index (χ0n) is 19.5. The van der Waals surface area contributed by atoms with Gasteiger partial charge >= 0.3 is 0 Å². The van der Waals surface area contributed by atoms with E-state index in [1.807, 2.05) is 24.3 Å². The highest BCUT2D eigenvalue weighted by atomic mass is 32.2. The molecule has 0 bridgehead atoms. The van der Waals surface area contributed by atoms with Crippen molar-refractivity contribution in [1.29, 1.82) is 0 Å². The largest absolute Gasteiger partial charge is 0.383 e. The molecule has 1 N–H and O–H groups in total. The molecular weight excluding hydrogens is 465 g/mol. The van der Waals surface area contributed by atoms with Gasteiger partial charge < -0.3 is 10.1 Å². The van der Waals surface area contributed by atoms with Crippen LogP contribution in [0.15, 0.2) is 78.2 Å². The van der Waals surface area contributed by atoms with Gasteiger partial charge in [0.25, 0.3) is 5.91 Å². The van der Waals surface area contributed by atoms with Gasteiger partial charge in [-0.05, 0) is 54.4 Å². The van der Waals surface area contributed by atoms with Crippen molar-refractivity contribution in [2.75, 3.05) is 13.7 Å². The number of benzene rings is 2. The molecule has 9 heteroatoms. The molecule has 0 unspecified atom stereocenters. The normalized spacial score (nSPS) is 11.9. The molecule has 1 amide bonds. The van der Waals surface area contributed by atoms with Crippen molar-refractivity contribution in [3.05, 3.63) is 95.6 Å². The molecule has 0 fully saturated rings. The number of nitrogens with one attached hydrogen (secondary N) is 1. The maximum absolute atomic E-state index is 13.0. The van der Waals surface area contributed by atoms with Crippen LogP contribution in [0.4, 0.5) is 4.39 Å². The topological polar surface area (TPSA) is 81.9 Å². The highest BCUT2D eigenvalue weighted by Gasteiger charge is 2.19. The Labute approximate surface area is 207 Å². The molecule has 0 saturated carbocycles. The number of hydrogen-bond donors (Lipinski definition) is 1. The van der Waals surface area contributed by atoms with E-state index in [-0.39, 0.29) is 17.8 Å². The fourth-order valence-electron chi connectivity index (χ4n) is 3.57. The summed E-state index contributed by atoms with van der Waals surface area (Å²) < 4.78 is 20.5. The lowest BCUT2D eigenvalue weighted by Crippen LogP contribution is -2.22. The van der Waals surface area contributed by atoms with Crippen molar-refractivity contribution >= 4 is 17.7 Å². The number of carbonyl (C=O) groups is 1. The third-order valence-electron chi connectivity index (χ3n) is 5.40. The molecule has 0 aliphatic rings. The van der Waals surface area contributed by atoms with E-state index in [1.54, 1.807) is 55.5 Å². The number of thioether (sulfide) groups is 1. The standard InChI is InChI=1S/C26H26FN5O2S/c1-18(16-34-2)32-24(21-11-13-28-14-12-21)30-31-26(32)35-17-20-3-7-22(8-4-20)25(33)29-15-19-5-9-23(27)10-6-19/h3-14,18H,15-17H2,1-2H3,(H,29,33)/t18-/m1/s1. The van der Waals surface area contributed by atoms with Gasteiger partial charge in [-0.3, -0.25) is 14.3 Å². The van der Waals surface area contributed by atoms with Crippen molar-refractivity contribution < 1.29 is 13.9 Å². The molecule has 0 saturated heterocycles. The summed E-state index contributed by atoms with van der Waals surface area (Å²) in [5.41, 5.74) is 3.41. The lowest BCUT2D eigenvalue weighted by atomic mass is 10.1. The first-order valence-corrected chi connectivity index (χ1v) is 12.1. The maximum Gasteiger partial charge on any atom is 0.251 e. The second-order valence-electron chi connectivity index (χ2n) is 8.01. The molecule has 4 rings (SSSR count). The quantitative estimate of drug-likeness (QED) is 0.318.